The second kappa shape index (κ2) is 4.34. The average Bonchev–Trinajstić information content (AvgIpc) is 2.48. The fraction of sp³-hybridized carbons (Fsp3) is 0.917. The molecule has 1 heterocycles. The van der Waals surface area contributed by atoms with E-state index < -0.39 is 17.0 Å². The number of aliphatic carboxylic acids is 1. The van der Waals surface area contributed by atoms with E-state index in [-0.39, 0.29) is 18.4 Å². The van der Waals surface area contributed by atoms with Crippen LogP contribution in [0.3, 0.4) is 0 Å². The van der Waals surface area contributed by atoms with Gasteiger partial charge in [-0.2, -0.15) is 0 Å². The van der Waals surface area contributed by atoms with E-state index in [2.05, 4.69) is 0 Å². The van der Waals surface area contributed by atoms with Crippen LogP contribution in [0.5, 0.6) is 0 Å². The molecule has 4 heteroatoms. The maximum atomic E-state index is 11.4. The minimum Gasteiger partial charge on any atom is -0.481 e. The van der Waals surface area contributed by atoms with Crippen molar-refractivity contribution in [3.8, 4) is 0 Å². The summed E-state index contributed by atoms with van der Waals surface area (Å²) in [5, 5.41) is 19.7. The summed E-state index contributed by atoms with van der Waals surface area (Å²) in [5.41, 5.74) is -1.91. The highest BCUT2D eigenvalue weighted by atomic mass is 16.5. The summed E-state index contributed by atoms with van der Waals surface area (Å²) in [5.74, 6) is -0.838. The van der Waals surface area contributed by atoms with Gasteiger partial charge in [-0.05, 0) is 32.6 Å². The molecule has 1 rings (SSSR count). The van der Waals surface area contributed by atoms with Gasteiger partial charge in [0.05, 0.1) is 17.1 Å². The Kier molecular flexibility index (Phi) is 3.65. The molecule has 4 nitrogen and oxygen atoms in total. The summed E-state index contributed by atoms with van der Waals surface area (Å²) >= 11 is 0. The Labute approximate surface area is 96.6 Å². The molecule has 16 heavy (non-hydrogen) atoms. The molecule has 0 aromatic rings. The van der Waals surface area contributed by atoms with Gasteiger partial charge in [0.25, 0.3) is 0 Å². The van der Waals surface area contributed by atoms with E-state index in [9.17, 15) is 15.0 Å². The minimum atomic E-state index is -0.972. The van der Waals surface area contributed by atoms with E-state index in [1.54, 1.807) is 13.8 Å². The van der Waals surface area contributed by atoms with Crippen LogP contribution in [-0.2, 0) is 9.53 Å². The average molecular weight is 230 g/mol. The second-order valence-electron chi connectivity index (χ2n) is 5.41. The van der Waals surface area contributed by atoms with E-state index in [4.69, 9.17) is 4.74 Å². The quantitative estimate of drug-likeness (QED) is 0.771. The van der Waals surface area contributed by atoms with Gasteiger partial charge < -0.3 is 14.9 Å². The third-order valence-corrected chi connectivity index (χ3v) is 4.04. The molecule has 0 radical (unpaired) electrons. The maximum absolute atomic E-state index is 11.4. The summed E-state index contributed by atoms with van der Waals surface area (Å²) in [4.78, 5) is 11.4. The number of hydrogen-bond acceptors (Lipinski definition) is 3. The van der Waals surface area contributed by atoms with E-state index in [0.717, 1.165) is 0 Å². The van der Waals surface area contributed by atoms with Crippen molar-refractivity contribution in [3.63, 3.8) is 0 Å². The minimum absolute atomic E-state index is 0.0246. The lowest BCUT2D eigenvalue weighted by molar-refractivity contribution is -0.158. The lowest BCUT2D eigenvalue weighted by Crippen LogP contribution is -2.46. The first-order valence-electron chi connectivity index (χ1n) is 5.80. The van der Waals surface area contributed by atoms with Crippen molar-refractivity contribution in [2.24, 2.45) is 11.3 Å². The van der Waals surface area contributed by atoms with Crippen LogP contribution in [0.4, 0.5) is 0 Å². The predicted octanol–water partition coefficient (Wildman–Crippen LogP) is 1.66. The Hall–Kier alpha value is -0.610. The molecule has 0 bridgehead atoms. The fourth-order valence-corrected chi connectivity index (χ4v) is 2.21. The van der Waals surface area contributed by atoms with Gasteiger partial charge in [-0.25, -0.2) is 0 Å². The summed E-state index contributed by atoms with van der Waals surface area (Å²) in [7, 11) is 0. The Morgan fingerprint density at radius 2 is 2.19 bits per heavy atom. The van der Waals surface area contributed by atoms with Gasteiger partial charge in [0.1, 0.15) is 0 Å². The predicted molar refractivity (Wildman–Crippen MR) is 60.2 cm³/mol. The molecule has 3 unspecified atom stereocenters. The molecule has 1 aliphatic rings. The molecule has 1 fully saturated rings. The van der Waals surface area contributed by atoms with Crippen LogP contribution in [0, 0.1) is 11.3 Å². The summed E-state index contributed by atoms with van der Waals surface area (Å²) in [6.07, 6.45) is 0.385. The lowest BCUT2D eigenvalue weighted by atomic mass is 9.70. The molecule has 0 aliphatic carbocycles. The number of rotatable bonds is 4. The first-order chi connectivity index (χ1) is 7.22. The maximum Gasteiger partial charge on any atom is 0.312 e. The standard InChI is InChI=1S/C12H22O4/c1-8(2)11(4,15)7-12(10(13)14)5-6-16-9(12)3/h8-9,15H,5-7H2,1-4H3,(H,13,14). The molecule has 3 atom stereocenters. The van der Waals surface area contributed by atoms with Gasteiger partial charge in [-0.15, -0.1) is 0 Å². The Balaban J connectivity index is 2.93. The van der Waals surface area contributed by atoms with Gasteiger partial charge in [-0.1, -0.05) is 13.8 Å². The Morgan fingerprint density at radius 1 is 1.62 bits per heavy atom. The molecule has 0 saturated carbocycles. The van der Waals surface area contributed by atoms with Crippen LogP contribution >= 0.6 is 0 Å². The fourth-order valence-electron chi connectivity index (χ4n) is 2.21. The van der Waals surface area contributed by atoms with Crippen molar-refractivity contribution in [2.45, 2.75) is 52.2 Å². The highest BCUT2D eigenvalue weighted by molar-refractivity contribution is 5.76. The first-order valence-corrected chi connectivity index (χ1v) is 5.80. The normalized spacial score (nSPS) is 34.0. The van der Waals surface area contributed by atoms with Crippen molar-refractivity contribution in [1.29, 1.82) is 0 Å². The van der Waals surface area contributed by atoms with Crippen LogP contribution < -0.4 is 0 Å². The monoisotopic (exact) mass is 230 g/mol. The van der Waals surface area contributed by atoms with E-state index in [1.165, 1.54) is 0 Å². The zero-order valence-corrected chi connectivity index (χ0v) is 10.5. The van der Waals surface area contributed by atoms with Gasteiger partial charge >= 0.3 is 5.97 Å². The third kappa shape index (κ3) is 2.23. The van der Waals surface area contributed by atoms with Gasteiger partial charge in [0.15, 0.2) is 0 Å². The van der Waals surface area contributed by atoms with Crippen LogP contribution in [0.2, 0.25) is 0 Å². The van der Waals surface area contributed by atoms with Crippen molar-refractivity contribution in [2.75, 3.05) is 6.61 Å². The zero-order valence-electron chi connectivity index (χ0n) is 10.5. The van der Waals surface area contributed by atoms with Crippen molar-refractivity contribution < 1.29 is 19.7 Å². The summed E-state index contributed by atoms with van der Waals surface area (Å²) in [6.45, 7) is 7.73. The zero-order chi connectivity index (χ0) is 12.6. The number of ether oxygens (including phenoxy) is 1. The van der Waals surface area contributed by atoms with Crippen molar-refractivity contribution in [1.82, 2.24) is 0 Å². The molecule has 0 aromatic heterocycles. The van der Waals surface area contributed by atoms with E-state index >= 15 is 0 Å². The summed E-state index contributed by atoms with van der Waals surface area (Å²) in [6, 6.07) is 0. The largest absolute Gasteiger partial charge is 0.481 e. The number of hydrogen-bond donors (Lipinski definition) is 2. The van der Waals surface area contributed by atoms with Gasteiger partial charge in [0, 0.05) is 6.61 Å². The van der Waals surface area contributed by atoms with E-state index in [1.807, 2.05) is 13.8 Å². The SMILES string of the molecule is CC(C)C(C)(O)CC1(C(=O)O)CCOC1C. The van der Waals surface area contributed by atoms with Crippen LogP contribution in [0.25, 0.3) is 0 Å². The molecule has 0 aromatic carbocycles. The van der Waals surface area contributed by atoms with Gasteiger partial charge in [-0.3, -0.25) is 4.79 Å². The van der Waals surface area contributed by atoms with Crippen LogP contribution in [0.1, 0.15) is 40.5 Å². The van der Waals surface area contributed by atoms with Crippen LogP contribution in [-0.4, -0.2) is 34.5 Å². The Bertz CT molecular complexity index is 272. The molecule has 1 saturated heterocycles. The van der Waals surface area contributed by atoms with Gasteiger partial charge in [0.2, 0.25) is 0 Å². The van der Waals surface area contributed by atoms with Crippen molar-refractivity contribution in [3.05, 3.63) is 0 Å². The molecular formula is C12H22O4. The molecule has 2 N–H and O–H groups in total. The smallest absolute Gasteiger partial charge is 0.312 e. The number of aliphatic hydroxyl groups is 1. The molecule has 1 aliphatic heterocycles. The molecule has 0 amide bonds. The first kappa shape index (κ1) is 13.5. The molecule has 94 valence electrons. The van der Waals surface area contributed by atoms with Crippen LogP contribution in [0.15, 0.2) is 0 Å². The highest BCUT2D eigenvalue weighted by Crippen LogP contribution is 2.43. The van der Waals surface area contributed by atoms with E-state index in [0.29, 0.717) is 13.0 Å². The lowest BCUT2D eigenvalue weighted by Gasteiger charge is -2.37. The topological polar surface area (TPSA) is 66.8 Å². The Morgan fingerprint density at radius 3 is 2.50 bits per heavy atom. The third-order valence-electron chi connectivity index (χ3n) is 4.04. The number of carbonyl (C=O) groups is 1. The molecular weight excluding hydrogens is 208 g/mol. The second-order valence-corrected chi connectivity index (χ2v) is 5.41. The highest BCUT2D eigenvalue weighted by Gasteiger charge is 2.52. The number of carboxylic acid groups (broad SMARTS) is 1. The number of carboxylic acids is 1. The summed E-state index contributed by atoms with van der Waals surface area (Å²) < 4.78 is 5.36. The molecule has 0 spiro atoms. The van der Waals surface area contributed by atoms with Crippen molar-refractivity contribution >= 4 is 5.97 Å².